The highest BCUT2D eigenvalue weighted by Crippen LogP contribution is 2.51. The predicted molar refractivity (Wildman–Crippen MR) is 161 cm³/mol. The summed E-state index contributed by atoms with van der Waals surface area (Å²) in [5, 5.41) is 1.36. The van der Waals surface area contributed by atoms with Gasteiger partial charge in [-0.3, -0.25) is 4.99 Å². The quantitative estimate of drug-likeness (QED) is 0.156. The third-order valence-electron chi connectivity index (χ3n) is 7.26. The van der Waals surface area contributed by atoms with E-state index in [0.717, 1.165) is 29.9 Å². The van der Waals surface area contributed by atoms with Crippen LogP contribution in [0.15, 0.2) is 102 Å². The molecule has 4 rings (SSSR count). The molecule has 0 aromatic heterocycles. The van der Waals surface area contributed by atoms with Crippen LogP contribution < -0.4 is 10.0 Å². The maximum atomic E-state index is 6.50. The van der Waals surface area contributed by atoms with Gasteiger partial charge in [-0.2, -0.15) is 0 Å². The van der Waals surface area contributed by atoms with Gasteiger partial charge < -0.3 is 4.74 Å². The van der Waals surface area contributed by atoms with Crippen molar-refractivity contribution in [3.63, 3.8) is 0 Å². The standard InChI is InChI=1S/C34H38NOP/c1-6-34(7-2,30-23-25(3)21-22-31(30)36-24-27-16-10-8-11-17-27)37-33-26(4)15-14-20-29(33)32(35-5)28-18-12-9-13-19-28/h8-23,37H,6-7,24H2,1-5H3. The molecule has 0 aliphatic rings. The number of benzene rings is 4. The summed E-state index contributed by atoms with van der Waals surface area (Å²) in [6, 6.07) is 34.3. The van der Waals surface area contributed by atoms with Crippen molar-refractivity contribution in [1.29, 1.82) is 0 Å². The van der Waals surface area contributed by atoms with Crippen LogP contribution in [0, 0.1) is 13.8 Å². The van der Waals surface area contributed by atoms with Crippen LogP contribution >= 0.6 is 8.58 Å². The summed E-state index contributed by atoms with van der Waals surface area (Å²) in [6.45, 7) is 9.64. The van der Waals surface area contributed by atoms with Gasteiger partial charge in [-0.05, 0) is 49.2 Å². The van der Waals surface area contributed by atoms with Crippen LogP contribution in [-0.4, -0.2) is 12.8 Å². The molecule has 0 aliphatic heterocycles. The summed E-state index contributed by atoms with van der Waals surface area (Å²) in [4.78, 5) is 4.78. The summed E-state index contributed by atoms with van der Waals surface area (Å²) >= 11 is 0. The number of aliphatic imine (C=N–C) groups is 1. The van der Waals surface area contributed by atoms with Crippen LogP contribution in [-0.2, 0) is 11.8 Å². The van der Waals surface area contributed by atoms with Crippen molar-refractivity contribution in [3.8, 4) is 5.75 Å². The Balaban J connectivity index is 1.78. The molecule has 0 spiro atoms. The molecule has 0 N–H and O–H groups in total. The fourth-order valence-corrected chi connectivity index (χ4v) is 6.80. The SMILES string of the molecule is CCC(CC)(Pc1c(C)cccc1C(=NC)c1ccccc1)c1cc(C)ccc1OCc1ccccc1. The molecule has 2 nitrogen and oxygen atoms in total. The van der Waals surface area contributed by atoms with E-state index in [4.69, 9.17) is 9.73 Å². The minimum atomic E-state index is -0.0333. The van der Waals surface area contributed by atoms with Gasteiger partial charge in [0.05, 0.1) is 5.71 Å². The molecule has 0 amide bonds. The minimum absolute atomic E-state index is 0.0333. The summed E-state index contributed by atoms with van der Waals surface area (Å²) in [5.74, 6) is 0.994. The van der Waals surface area contributed by atoms with Crippen molar-refractivity contribution in [2.24, 2.45) is 4.99 Å². The van der Waals surface area contributed by atoms with Crippen molar-refractivity contribution < 1.29 is 4.74 Å². The van der Waals surface area contributed by atoms with Crippen LogP contribution in [0.3, 0.4) is 0 Å². The smallest absolute Gasteiger partial charge is 0.123 e. The molecule has 1 unspecified atom stereocenters. The van der Waals surface area contributed by atoms with E-state index in [1.54, 1.807) is 0 Å². The first kappa shape index (κ1) is 26.8. The Bertz CT molecular complexity index is 1340. The molecular weight excluding hydrogens is 469 g/mol. The van der Waals surface area contributed by atoms with Crippen LogP contribution in [0.1, 0.15) is 60.1 Å². The number of rotatable bonds is 10. The molecule has 4 aromatic carbocycles. The van der Waals surface area contributed by atoms with Gasteiger partial charge >= 0.3 is 0 Å². The third kappa shape index (κ3) is 6.03. The van der Waals surface area contributed by atoms with Crippen LogP contribution in [0.4, 0.5) is 0 Å². The second-order valence-corrected chi connectivity index (χ2v) is 11.3. The van der Waals surface area contributed by atoms with E-state index in [0.29, 0.717) is 15.2 Å². The average Bonchev–Trinajstić information content (AvgIpc) is 2.94. The van der Waals surface area contributed by atoms with Gasteiger partial charge in [0.15, 0.2) is 0 Å². The Hall–Kier alpha value is -3.22. The average molecular weight is 508 g/mol. The van der Waals surface area contributed by atoms with Crippen molar-refractivity contribution in [1.82, 2.24) is 0 Å². The van der Waals surface area contributed by atoms with Gasteiger partial charge in [0.1, 0.15) is 12.4 Å². The lowest BCUT2D eigenvalue weighted by Gasteiger charge is -2.35. The normalized spacial score (nSPS) is 12.3. The monoisotopic (exact) mass is 507 g/mol. The Labute approximate surface area is 224 Å². The number of nitrogens with zero attached hydrogens (tertiary/aromatic N) is 1. The molecule has 4 aromatic rings. The first-order valence-corrected chi connectivity index (χ1v) is 14.2. The molecule has 0 radical (unpaired) electrons. The summed E-state index contributed by atoms with van der Waals surface area (Å²) in [7, 11) is 2.49. The Morgan fingerprint density at radius 3 is 2.14 bits per heavy atom. The Morgan fingerprint density at radius 2 is 1.49 bits per heavy atom. The highest BCUT2D eigenvalue weighted by atomic mass is 31.1. The first-order chi connectivity index (χ1) is 18.0. The Morgan fingerprint density at radius 1 is 0.811 bits per heavy atom. The molecule has 0 saturated heterocycles. The van der Waals surface area contributed by atoms with Crippen molar-refractivity contribution in [3.05, 3.63) is 130 Å². The Kier molecular flexibility index (Phi) is 8.95. The minimum Gasteiger partial charge on any atom is -0.489 e. The maximum absolute atomic E-state index is 6.50. The molecule has 37 heavy (non-hydrogen) atoms. The molecule has 1 atom stereocenters. The molecule has 0 saturated carbocycles. The van der Waals surface area contributed by atoms with E-state index in [9.17, 15) is 0 Å². The van der Waals surface area contributed by atoms with Gasteiger partial charge in [0.2, 0.25) is 0 Å². The van der Waals surface area contributed by atoms with E-state index in [1.165, 1.54) is 33.1 Å². The maximum Gasteiger partial charge on any atom is 0.123 e. The van der Waals surface area contributed by atoms with Crippen molar-refractivity contribution >= 4 is 19.6 Å². The van der Waals surface area contributed by atoms with Gasteiger partial charge in [-0.1, -0.05) is 119 Å². The lowest BCUT2D eigenvalue weighted by atomic mass is 9.90. The number of ether oxygens (including phenoxy) is 1. The van der Waals surface area contributed by atoms with Gasteiger partial charge in [0.25, 0.3) is 0 Å². The van der Waals surface area contributed by atoms with Gasteiger partial charge in [-0.25, -0.2) is 0 Å². The number of aryl methyl sites for hydroxylation is 2. The van der Waals surface area contributed by atoms with E-state index in [-0.39, 0.29) is 5.16 Å². The summed E-state index contributed by atoms with van der Waals surface area (Å²) < 4.78 is 6.50. The van der Waals surface area contributed by atoms with E-state index in [1.807, 2.05) is 13.1 Å². The molecule has 0 aliphatic carbocycles. The second kappa shape index (κ2) is 12.3. The zero-order valence-electron chi connectivity index (χ0n) is 22.7. The molecule has 0 heterocycles. The van der Waals surface area contributed by atoms with Crippen LogP contribution in [0.25, 0.3) is 0 Å². The predicted octanol–water partition coefficient (Wildman–Crippen LogP) is 8.37. The van der Waals surface area contributed by atoms with Crippen LogP contribution in [0.5, 0.6) is 5.75 Å². The molecule has 0 fully saturated rings. The van der Waals surface area contributed by atoms with E-state index >= 15 is 0 Å². The number of hydrogen-bond donors (Lipinski definition) is 0. The third-order valence-corrected chi connectivity index (χ3v) is 9.63. The van der Waals surface area contributed by atoms with Crippen LogP contribution in [0.2, 0.25) is 0 Å². The molecule has 190 valence electrons. The van der Waals surface area contributed by atoms with E-state index in [2.05, 4.69) is 119 Å². The van der Waals surface area contributed by atoms with E-state index < -0.39 is 0 Å². The fraction of sp³-hybridized carbons (Fsp3) is 0.265. The topological polar surface area (TPSA) is 21.6 Å². The fourth-order valence-electron chi connectivity index (χ4n) is 5.03. The molecule has 3 heteroatoms. The first-order valence-electron chi connectivity index (χ1n) is 13.2. The highest BCUT2D eigenvalue weighted by Gasteiger charge is 2.34. The van der Waals surface area contributed by atoms with Gasteiger partial charge in [0, 0.05) is 28.9 Å². The molecule has 0 bridgehead atoms. The number of hydrogen-bond acceptors (Lipinski definition) is 2. The zero-order chi connectivity index (χ0) is 26.3. The highest BCUT2D eigenvalue weighted by molar-refractivity contribution is 7.49. The lowest BCUT2D eigenvalue weighted by molar-refractivity contribution is 0.298. The van der Waals surface area contributed by atoms with Crippen molar-refractivity contribution in [2.75, 3.05) is 7.05 Å². The van der Waals surface area contributed by atoms with Gasteiger partial charge in [-0.15, -0.1) is 0 Å². The largest absolute Gasteiger partial charge is 0.489 e. The summed E-state index contributed by atoms with van der Waals surface area (Å²) in [6.07, 6.45) is 2.07. The van der Waals surface area contributed by atoms with Crippen molar-refractivity contribution in [2.45, 2.75) is 52.3 Å². The zero-order valence-corrected chi connectivity index (χ0v) is 23.7. The molecular formula is C34H38NOP. The lowest BCUT2D eigenvalue weighted by Crippen LogP contribution is -2.26. The summed E-state index contributed by atoms with van der Waals surface area (Å²) in [5.41, 5.74) is 8.53. The second-order valence-electron chi connectivity index (χ2n) is 9.62.